The Bertz CT molecular complexity index is 1390. The summed E-state index contributed by atoms with van der Waals surface area (Å²) in [6.45, 7) is 1.75. The summed E-state index contributed by atoms with van der Waals surface area (Å²) in [4.78, 5) is 19.6. The van der Waals surface area contributed by atoms with E-state index in [1.165, 1.54) is 24.3 Å². The summed E-state index contributed by atoms with van der Waals surface area (Å²) in [6.07, 6.45) is 1.67. The van der Waals surface area contributed by atoms with E-state index >= 15 is 0 Å². The summed E-state index contributed by atoms with van der Waals surface area (Å²) in [7, 11) is -2.33. The van der Waals surface area contributed by atoms with Gasteiger partial charge in [-0.15, -0.1) is 0 Å². The van der Waals surface area contributed by atoms with Crippen LogP contribution in [0, 0.1) is 12.7 Å². The van der Waals surface area contributed by atoms with Gasteiger partial charge in [0.05, 0.1) is 16.6 Å². The Morgan fingerprint density at radius 3 is 2.29 bits per heavy atom. The molecule has 1 N–H and O–H groups in total. The van der Waals surface area contributed by atoms with Gasteiger partial charge in [-0.1, -0.05) is 42.5 Å². The fraction of sp³-hybridized carbons (Fsp3) is 0.111. The van der Waals surface area contributed by atoms with E-state index in [4.69, 9.17) is 0 Å². The van der Waals surface area contributed by atoms with Crippen molar-refractivity contribution in [2.75, 3.05) is 11.8 Å². The highest BCUT2D eigenvalue weighted by atomic mass is 32.2. The van der Waals surface area contributed by atoms with Crippen LogP contribution in [0.25, 0.3) is 0 Å². The molecule has 35 heavy (non-hydrogen) atoms. The number of carbonyl (C=O) groups is 1. The van der Waals surface area contributed by atoms with Gasteiger partial charge in [0, 0.05) is 24.5 Å². The van der Waals surface area contributed by atoms with Gasteiger partial charge in [0.25, 0.3) is 15.9 Å². The second-order valence-corrected chi connectivity index (χ2v) is 9.76. The number of anilines is 1. The number of halogens is 1. The molecule has 8 heteroatoms. The monoisotopic (exact) mass is 489 g/mol. The molecule has 0 aliphatic carbocycles. The van der Waals surface area contributed by atoms with Crippen LogP contribution in [0.4, 0.5) is 10.1 Å². The third-order valence-corrected chi connectivity index (χ3v) is 7.02. The molecule has 6 nitrogen and oxygen atoms in total. The smallest absolute Gasteiger partial charge is 0.261 e. The van der Waals surface area contributed by atoms with E-state index in [2.05, 4.69) is 9.71 Å². The number of carbonyl (C=O) groups excluding carboxylic acids is 1. The lowest BCUT2D eigenvalue weighted by molar-refractivity contribution is 0.0751. The minimum atomic E-state index is -4.00. The molecule has 0 saturated carbocycles. The number of aryl methyl sites for hydroxylation is 1. The van der Waals surface area contributed by atoms with Crippen LogP contribution in [0.1, 0.15) is 33.2 Å². The Kier molecular flexibility index (Phi) is 6.93. The first-order valence-electron chi connectivity index (χ1n) is 10.9. The Balaban J connectivity index is 1.69. The van der Waals surface area contributed by atoms with Gasteiger partial charge in [-0.2, -0.15) is 0 Å². The predicted octanol–water partition coefficient (Wildman–Crippen LogP) is 5.19. The van der Waals surface area contributed by atoms with Crippen LogP contribution in [0.15, 0.2) is 102 Å². The molecule has 0 bridgehead atoms. The first-order valence-corrected chi connectivity index (χ1v) is 12.4. The van der Waals surface area contributed by atoms with Crippen molar-refractivity contribution in [1.82, 2.24) is 9.88 Å². The minimum absolute atomic E-state index is 0.0710. The van der Waals surface area contributed by atoms with Crippen LogP contribution in [0.5, 0.6) is 0 Å². The van der Waals surface area contributed by atoms with Gasteiger partial charge in [0.2, 0.25) is 0 Å². The van der Waals surface area contributed by atoms with E-state index in [1.807, 2.05) is 42.5 Å². The molecule has 1 unspecified atom stereocenters. The lowest BCUT2D eigenvalue weighted by atomic mass is 10.00. The normalized spacial score (nSPS) is 12.1. The van der Waals surface area contributed by atoms with Gasteiger partial charge >= 0.3 is 0 Å². The molecular weight excluding hydrogens is 465 g/mol. The molecule has 0 aliphatic heterocycles. The number of sulfonamides is 1. The van der Waals surface area contributed by atoms with Crippen LogP contribution in [0.3, 0.4) is 0 Å². The number of aromatic nitrogens is 1. The van der Waals surface area contributed by atoms with Crippen molar-refractivity contribution < 1.29 is 17.6 Å². The van der Waals surface area contributed by atoms with Crippen LogP contribution in [-0.2, 0) is 10.0 Å². The average Bonchev–Trinajstić information content (AvgIpc) is 2.86. The molecule has 0 spiro atoms. The average molecular weight is 490 g/mol. The molecule has 178 valence electrons. The third kappa shape index (κ3) is 5.38. The topological polar surface area (TPSA) is 79.4 Å². The number of rotatable bonds is 7. The molecule has 1 atom stereocenters. The number of amides is 1. The Morgan fingerprint density at radius 2 is 1.63 bits per heavy atom. The van der Waals surface area contributed by atoms with Crippen molar-refractivity contribution >= 4 is 21.6 Å². The summed E-state index contributed by atoms with van der Waals surface area (Å²) in [5.41, 5.74) is 2.67. The molecule has 0 radical (unpaired) electrons. The highest BCUT2D eigenvalue weighted by Crippen LogP contribution is 2.29. The number of nitrogens with zero attached hydrogens (tertiary/aromatic N) is 2. The van der Waals surface area contributed by atoms with Crippen LogP contribution < -0.4 is 4.72 Å². The fourth-order valence-corrected chi connectivity index (χ4v) is 4.89. The number of nitrogens with one attached hydrogen (secondary N) is 1. The quantitative estimate of drug-likeness (QED) is 0.387. The summed E-state index contributed by atoms with van der Waals surface area (Å²) < 4.78 is 41.6. The van der Waals surface area contributed by atoms with E-state index in [9.17, 15) is 17.6 Å². The van der Waals surface area contributed by atoms with Gasteiger partial charge < -0.3 is 4.90 Å². The Labute approximate surface area is 204 Å². The van der Waals surface area contributed by atoms with Crippen LogP contribution >= 0.6 is 0 Å². The molecule has 0 fully saturated rings. The van der Waals surface area contributed by atoms with Crippen molar-refractivity contribution in [3.63, 3.8) is 0 Å². The van der Waals surface area contributed by atoms with Gasteiger partial charge in [-0.3, -0.25) is 14.5 Å². The maximum Gasteiger partial charge on any atom is 0.261 e. The second kappa shape index (κ2) is 10.1. The van der Waals surface area contributed by atoms with Crippen LogP contribution in [-0.4, -0.2) is 31.3 Å². The van der Waals surface area contributed by atoms with Crippen molar-refractivity contribution in [3.8, 4) is 0 Å². The molecule has 3 aromatic carbocycles. The number of hydrogen-bond acceptors (Lipinski definition) is 4. The summed E-state index contributed by atoms with van der Waals surface area (Å²) in [5, 5.41) is 0. The Hall–Kier alpha value is -4.04. The van der Waals surface area contributed by atoms with Gasteiger partial charge in [-0.05, 0) is 66.6 Å². The molecule has 4 aromatic rings. The minimum Gasteiger partial charge on any atom is -0.329 e. The van der Waals surface area contributed by atoms with Crippen molar-refractivity contribution in [3.05, 3.63) is 125 Å². The standard InChI is InChI=1S/C27H24FN3O3S/c1-19-11-16-23(35(33,34)30-22-14-12-21(28)13-15-22)18-24(19)27(32)31(2)26(20-8-4-3-5-9-20)25-10-6-7-17-29-25/h3-18,26,30H,1-2H3. The summed E-state index contributed by atoms with van der Waals surface area (Å²) in [5.74, 6) is -0.819. The molecule has 0 saturated heterocycles. The van der Waals surface area contributed by atoms with E-state index in [0.717, 1.165) is 17.7 Å². The third-order valence-electron chi connectivity index (χ3n) is 5.64. The van der Waals surface area contributed by atoms with Crippen molar-refractivity contribution in [2.45, 2.75) is 17.9 Å². The largest absolute Gasteiger partial charge is 0.329 e. The van der Waals surface area contributed by atoms with E-state index in [-0.39, 0.29) is 22.1 Å². The van der Waals surface area contributed by atoms with Crippen molar-refractivity contribution in [2.24, 2.45) is 0 Å². The summed E-state index contributed by atoms with van der Waals surface area (Å²) in [6, 6.07) is 23.9. The number of pyridine rings is 1. The van der Waals surface area contributed by atoms with Gasteiger partial charge in [0.15, 0.2) is 0 Å². The molecule has 1 aromatic heterocycles. The molecular formula is C27H24FN3O3S. The van der Waals surface area contributed by atoms with Gasteiger partial charge in [-0.25, -0.2) is 12.8 Å². The van der Waals surface area contributed by atoms with Gasteiger partial charge in [0.1, 0.15) is 5.82 Å². The van der Waals surface area contributed by atoms with E-state index < -0.39 is 21.9 Å². The molecule has 0 aliphatic rings. The van der Waals surface area contributed by atoms with E-state index in [1.54, 1.807) is 37.2 Å². The zero-order valence-corrected chi connectivity index (χ0v) is 20.0. The first-order chi connectivity index (χ1) is 16.8. The maximum absolute atomic E-state index is 13.7. The predicted molar refractivity (Wildman–Crippen MR) is 133 cm³/mol. The van der Waals surface area contributed by atoms with E-state index in [0.29, 0.717) is 11.3 Å². The highest BCUT2D eigenvalue weighted by Gasteiger charge is 2.27. The SMILES string of the molecule is Cc1ccc(S(=O)(=O)Nc2ccc(F)cc2)cc1C(=O)N(C)C(c1ccccc1)c1ccccn1. The lowest BCUT2D eigenvalue weighted by Gasteiger charge is -2.29. The zero-order chi connectivity index (χ0) is 25.0. The Morgan fingerprint density at radius 1 is 0.943 bits per heavy atom. The maximum atomic E-state index is 13.7. The number of hydrogen-bond donors (Lipinski definition) is 1. The fourth-order valence-electron chi connectivity index (χ4n) is 3.80. The van der Waals surface area contributed by atoms with Crippen molar-refractivity contribution in [1.29, 1.82) is 0 Å². The zero-order valence-electron chi connectivity index (χ0n) is 19.2. The number of benzene rings is 3. The first kappa shape index (κ1) is 24.1. The highest BCUT2D eigenvalue weighted by molar-refractivity contribution is 7.92. The molecule has 1 amide bonds. The lowest BCUT2D eigenvalue weighted by Crippen LogP contribution is -2.33. The summed E-state index contributed by atoms with van der Waals surface area (Å²) >= 11 is 0. The van der Waals surface area contributed by atoms with Crippen LogP contribution in [0.2, 0.25) is 0 Å². The molecule has 1 heterocycles. The molecule has 4 rings (SSSR count). The second-order valence-electron chi connectivity index (χ2n) is 8.07.